The quantitative estimate of drug-likeness (QED) is 0.739. The molecule has 3 N–H and O–H groups in total. The van der Waals surface area contributed by atoms with E-state index in [-0.39, 0.29) is 5.60 Å². The molecule has 0 aromatic rings. The fourth-order valence-electron chi connectivity index (χ4n) is 3.16. The Bertz CT molecular complexity index is 226. The zero-order valence-electron chi connectivity index (χ0n) is 11.2. The fraction of sp³-hybridized carbons (Fsp3) is 1.00. The number of hydrogen-bond donors (Lipinski definition) is 2. The van der Waals surface area contributed by atoms with Crippen molar-refractivity contribution in [3.05, 3.63) is 0 Å². The second kappa shape index (κ2) is 6.17. The summed E-state index contributed by atoms with van der Waals surface area (Å²) in [6, 6.07) is 0.405. The number of hydrogen-bond acceptors (Lipinski definition) is 3. The molecule has 2 rings (SSSR count). The monoisotopic (exact) mass is 240 g/mol. The minimum Gasteiger partial charge on any atom is -0.374 e. The van der Waals surface area contributed by atoms with Gasteiger partial charge in [0.2, 0.25) is 0 Å². The van der Waals surface area contributed by atoms with E-state index in [1.165, 1.54) is 44.9 Å². The molecule has 1 saturated heterocycles. The Labute approximate surface area is 105 Å². The highest BCUT2D eigenvalue weighted by molar-refractivity contribution is 4.84. The Morgan fingerprint density at radius 3 is 2.82 bits per heavy atom. The van der Waals surface area contributed by atoms with Crippen LogP contribution in [0.5, 0.6) is 0 Å². The van der Waals surface area contributed by atoms with Gasteiger partial charge in [-0.2, -0.15) is 0 Å². The highest BCUT2D eigenvalue weighted by atomic mass is 16.5. The number of nitrogens with two attached hydrogens (primary N) is 1. The lowest BCUT2D eigenvalue weighted by molar-refractivity contribution is 0.0200. The maximum atomic E-state index is 6.23. The minimum absolute atomic E-state index is 0.0782. The number of ether oxygens (including phenoxy) is 1. The van der Waals surface area contributed by atoms with Crippen LogP contribution in [0.15, 0.2) is 0 Å². The van der Waals surface area contributed by atoms with E-state index in [0.717, 1.165) is 19.7 Å². The molecular formula is C14H28N2O. The molecule has 100 valence electrons. The third-order valence-electron chi connectivity index (χ3n) is 4.42. The first-order chi connectivity index (χ1) is 8.20. The molecule has 0 radical (unpaired) electrons. The molecule has 0 amide bonds. The lowest BCUT2D eigenvalue weighted by atomic mass is 9.95. The molecule has 1 saturated carbocycles. The van der Waals surface area contributed by atoms with Crippen molar-refractivity contribution in [3.8, 4) is 0 Å². The summed E-state index contributed by atoms with van der Waals surface area (Å²) in [6.45, 7) is 5.21. The molecule has 3 heteroatoms. The first-order valence-electron chi connectivity index (χ1n) is 7.30. The molecule has 1 aliphatic heterocycles. The van der Waals surface area contributed by atoms with E-state index in [2.05, 4.69) is 12.2 Å². The second-order valence-corrected chi connectivity index (χ2v) is 6.09. The van der Waals surface area contributed by atoms with Gasteiger partial charge in [-0.3, -0.25) is 0 Å². The third kappa shape index (κ3) is 3.94. The summed E-state index contributed by atoms with van der Waals surface area (Å²) in [7, 11) is 0. The van der Waals surface area contributed by atoms with Gasteiger partial charge in [0, 0.05) is 19.2 Å². The van der Waals surface area contributed by atoms with E-state index >= 15 is 0 Å². The van der Waals surface area contributed by atoms with Crippen LogP contribution in [-0.2, 0) is 4.74 Å². The Morgan fingerprint density at radius 1 is 1.24 bits per heavy atom. The van der Waals surface area contributed by atoms with Crippen molar-refractivity contribution in [2.75, 3.05) is 19.7 Å². The summed E-state index contributed by atoms with van der Waals surface area (Å²) >= 11 is 0. The fourth-order valence-corrected chi connectivity index (χ4v) is 3.16. The topological polar surface area (TPSA) is 47.3 Å². The molecule has 0 aromatic heterocycles. The molecule has 1 aliphatic carbocycles. The Kier molecular flexibility index (Phi) is 4.83. The van der Waals surface area contributed by atoms with Crippen molar-refractivity contribution in [2.24, 2.45) is 11.7 Å². The molecule has 17 heavy (non-hydrogen) atoms. The Balaban J connectivity index is 1.69. The predicted octanol–water partition coefficient (Wildman–Crippen LogP) is 2.05. The summed E-state index contributed by atoms with van der Waals surface area (Å²) in [5.74, 6) is 0.669. The maximum absolute atomic E-state index is 6.23. The van der Waals surface area contributed by atoms with Crippen LogP contribution in [0.1, 0.15) is 51.9 Å². The summed E-state index contributed by atoms with van der Waals surface area (Å²) in [6.07, 6.45) is 8.95. The average molecular weight is 240 g/mol. The first kappa shape index (κ1) is 13.3. The third-order valence-corrected chi connectivity index (χ3v) is 4.42. The summed E-state index contributed by atoms with van der Waals surface area (Å²) < 4.78 is 5.79. The van der Waals surface area contributed by atoms with E-state index in [1.54, 1.807) is 0 Å². The number of rotatable bonds is 4. The van der Waals surface area contributed by atoms with Crippen LogP contribution in [0.3, 0.4) is 0 Å². The molecule has 3 atom stereocenters. The smallest absolute Gasteiger partial charge is 0.0779 e. The van der Waals surface area contributed by atoms with Gasteiger partial charge in [0.1, 0.15) is 0 Å². The summed E-state index contributed by atoms with van der Waals surface area (Å²) in [4.78, 5) is 0. The van der Waals surface area contributed by atoms with Crippen LogP contribution in [0.2, 0.25) is 0 Å². The van der Waals surface area contributed by atoms with Gasteiger partial charge >= 0.3 is 0 Å². The Morgan fingerprint density at radius 2 is 2.06 bits per heavy atom. The highest BCUT2D eigenvalue weighted by Gasteiger charge is 2.29. The van der Waals surface area contributed by atoms with Gasteiger partial charge in [-0.05, 0) is 45.1 Å². The zero-order valence-corrected chi connectivity index (χ0v) is 11.2. The van der Waals surface area contributed by atoms with Crippen LogP contribution in [0.25, 0.3) is 0 Å². The lowest BCUT2D eigenvalue weighted by Crippen LogP contribution is -2.42. The number of nitrogens with one attached hydrogen (secondary N) is 1. The van der Waals surface area contributed by atoms with Crippen molar-refractivity contribution in [1.29, 1.82) is 0 Å². The van der Waals surface area contributed by atoms with Gasteiger partial charge in [-0.1, -0.05) is 19.3 Å². The standard InChI is InChI=1S/C14H28N2O/c1-14(8-5-9-17-14)11-16-10-12-6-3-2-4-7-13(12)15/h12-13,16H,2-11,15H2,1H3. The van der Waals surface area contributed by atoms with Gasteiger partial charge < -0.3 is 15.8 Å². The van der Waals surface area contributed by atoms with E-state index in [0.29, 0.717) is 12.0 Å². The van der Waals surface area contributed by atoms with Crippen molar-refractivity contribution in [2.45, 2.75) is 63.5 Å². The largest absolute Gasteiger partial charge is 0.374 e. The van der Waals surface area contributed by atoms with Crippen LogP contribution in [0, 0.1) is 5.92 Å². The van der Waals surface area contributed by atoms with Crippen LogP contribution < -0.4 is 11.1 Å². The van der Waals surface area contributed by atoms with Gasteiger partial charge in [0.25, 0.3) is 0 Å². The Hall–Kier alpha value is -0.120. The second-order valence-electron chi connectivity index (χ2n) is 6.09. The van der Waals surface area contributed by atoms with Crippen LogP contribution in [-0.4, -0.2) is 31.3 Å². The molecule has 0 aromatic carbocycles. The average Bonchev–Trinajstić information content (AvgIpc) is 2.63. The molecule has 0 spiro atoms. The van der Waals surface area contributed by atoms with Crippen molar-refractivity contribution in [3.63, 3.8) is 0 Å². The molecule has 1 heterocycles. The molecule has 3 nitrogen and oxygen atoms in total. The van der Waals surface area contributed by atoms with Crippen molar-refractivity contribution < 1.29 is 4.74 Å². The molecule has 2 fully saturated rings. The van der Waals surface area contributed by atoms with Gasteiger partial charge in [-0.25, -0.2) is 0 Å². The van der Waals surface area contributed by atoms with Gasteiger partial charge in [-0.15, -0.1) is 0 Å². The van der Waals surface area contributed by atoms with Crippen molar-refractivity contribution in [1.82, 2.24) is 5.32 Å². The molecular weight excluding hydrogens is 212 g/mol. The maximum Gasteiger partial charge on any atom is 0.0779 e. The van der Waals surface area contributed by atoms with E-state index in [1.807, 2.05) is 0 Å². The van der Waals surface area contributed by atoms with E-state index in [4.69, 9.17) is 10.5 Å². The van der Waals surface area contributed by atoms with Crippen LogP contribution in [0.4, 0.5) is 0 Å². The van der Waals surface area contributed by atoms with Crippen LogP contribution >= 0.6 is 0 Å². The summed E-state index contributed by atoms with van der Waals surface area (Å²) in [5.41, 5.74) is 6.31. The van der Waals surface area contributed by atoms with Gasteiger partial charge in [0.15, 0.2) is 0 Å². The van der Waals surface area contributed by atoms with E-state index < -0.39 is 0 Å². The first-order valence-corrected chi connectivity index (χ1v) is 7.30. The molecule has 0 bridgehead atoms. The lowest BCUT2D eigenvalue weighted by Gasteiger charge is -2.27. The SMILES string of the molecule is CC1(CNCC2CCCCCC2N)CCCO1. The predicted molar refractivity (Wildman–Crippen MR) is 71.0 cm³/mol. The van der Waals surface area contributed by atoms with Crippen molar-refractivity contribution >= 4 is 0 Å². The highest BCUT2D eigenvalue weighted by Crippen LogP contribution is 2.25. The zero-order chi connectivity index (χ0) is 12.1. The minimum atomic E-state index is 0.0782. The summed E-state index contributed by atoms with van der Waals surface area (Å²) in [5, 5.41) is 3.59. The molecule has 2 aliphatic rings. The normalized spacial score (nSPS) is 39.2. The van der Waals surface area contributed by atoms with Gasteiger partial charge in [0.05, 0.1) is 5.60 Å². The van der Waals surface area contributed by atoms with E-state index in [9.17, 15) is 0 Å². The molecule has 3 unspecified atom stereocenters.